The van der Waals surface area contributed by atoms with Crippen LogP contribution in [0.2, 0.25) is 5.02 Å². The Labute approximate surface area is 148 Å². The molecule has 0 atom stereocenters. The molecule has 1 aromatic carbocycles. The summed E-state index contributed by atoms with van der Waals surface area (Å²) in [5.41, 5.74) is 1.20. The first-order valence-corrected chi connectivity index (χ1v) is 8.19. The number of nitrogens with one attached hydrogen (secondary N) is 1. The minimum Gasteiger partial charge on any atom is -0.477 e. The minimum absolute atomic E-state index is 0.319. The summed E-state index contributed by atoms with van der Waals surface area (Å²) in [6.45, 7) is 4.58. The first kappa shape index (κ1) is 17.2. The Morgan fingerprint density at radius 2 is 2.12 bits per heavy atom. The van der Waals surface area contributed by atoms with Crippen molar-refractivity contribution in [1.29, 1.82) is 0 Å². The highest BCUT2D eigenvalue weighted by atomic mass is 35.5. The van der Waals surface area contributed by atoms with Crippen LogP contribution < -0.4 is 5.56 Å². The van der Waals surface area contributed by atoms with E-state index in [1.807, 2.05) is 6.20 Å². The quantitative estimate of drug-likeness (QED) is 0.728. The lowest BCUT2D eigenvalue weighted by Gasteiger charge is -2.08. The molecule has 25 heavy (non-hydrogen) atoms. The van der Waals surface area contributed by atoms with Gasteiger partial charge in [-0.1, -0.05) is 30.7 Å². The molecule has 2 heterocycles. The summed E-state index contributed by atoms with van der Waals surface area (Å²) in [4.78, 5) is 25.8. The topological polar surface area (TPSA) is 101 Å². The molecule has 0 spiro atoms. The van der Waals surface area contributed by atoms with Gasteiger partial charge in [-0.2, -0.15) is 0 Å². The Hall–Kier alpha value is -2.67. The number of carboxylic acids is 1. The van der Waals surface area contributed by atoms with Crippen molar-refractivity contribution in [2.75, 3.05) is 0 Å². The molecule has 0 saturated carbocycles. The molecule has 2 aromatic heterocycles. The van der Waals surface area contributed by atoms with Gasteiger partial charge in [0.15, 0.2) is 0 Å². The SMILES string of the molecule is CC(C)Cc1cn(Cc2cc(Cl)cc3cc(C(=O)O)c(=O)[nH]c23)nn1. The lowest BCUT2D eigenvalue weighted by Crippen LogP contribution is -2.17. The molecule has 3 aromatic rings. The van der Waals surface area contributed by atoms with Crippen LogP contribution in [-0.4, -0.2) is 31.1 Å². The van der Waals surface area contributed by atoms with Crippen molar-refractivity contribution in [3.05, 3.63) is 56.6 Å². The fourth-order valence-electron chi connectivity index (χ4n) is 2.74. The fraction of sp³-hybridized carbons (Fsp3) is 0.294. The number of rotatable bonds is 5. The van der Waals surface area contributed by atoms with E-state index in [-0.39, 0.29) is 5.56 Å². The van der Waals surface area contributed by atoms with Gasteiger partial charge in [-0.05, 0) is 36.1 Å². The molecule has 0 fully saturated rings. The van der Waals surface area contributed by atoms with Crippen molar-refractivity contribution < 1.29 is 9.90 Å². The van der Waals surface area contributed by atoms with E-state index in [1.54, 1.807) is 16.8 Å². The maximum atomic E-state index is 12.0. The largest absolute Gasteiger partial charge is 0.477 e. The van der Waals surface area contributed by atoms with E-state index in [0.717, 1.165) is 17.7 Å². The summed E-state index contributed by atoms with van der Waals surface area (Å²) >= 11 is 6.15. The van der Waals surface area contributed by atoms with Crippen molar-refractivity contribution >= 4 is 28.5 Å². The molecule has 0 unspecified atom stereocenters. The van der Waals surface area contributed by atoms with Crippen molar-refractivity contribution in [2.24, 2.45) is 5.92 Å². The number of halogens is 1. The molecule has 8 heteroatoms. The zero-order valence-corrected chi connectivity index (χ0v) is 14.5. The van der Waals surface area contributed by atoms with Gasteiger partial charge in [0, 0.05) is 16.6 Å². The maximum absolute atomic E-state index is 12.0. The number of pyridine rings is 1. The molecule has 0 aliphatic carbocycles. The molecular formula is C17H17ClN4O3. The highest BCUT2D eigenvalue weighted by molar-refractivity contribution is 6.31. The summed E-state index contributed by atoms with van der Waals surface area (Å²) in [6.07, 6.45) is 2.69. The third-order valence-electron chi connectivity index (χ3n) is 3.76. The molecule has 2 N–H and O–H groups in total. The number of benzene rings is 1. The number of carboxylic acid groups (broad SMARTS) is 1. The van der Waals surface area contributed by atoms with E-state index in [9.17, 15) is 9.59 Å². The Balaban J connectivity index is 2.03. The van der Waals surface area contributed by atoms with Gasteiger partial charge >= 0.3 is 5.97 Å². The Bertz CT molecular complexity index is 1010. The van der Waals surface area contributed by atoms with Crippen LogP contribution >= 0.6 is 11.6 Å². The van der Waals surface area contributed by atoms with Gasteiger partial charge in [0.05, 0.1) is 17.8 Å². The zero-order valence-electron chi connectivity index (χ0n) is 13.8. The van der Waals surface area contributed by atoms with E-state index in [2.05, 4.69) is 29.1 Å². The van der Waals surface area contributed by atoms with Gasteiger partial charge in [-0.3, -0.25) is 4.79 Å². The molecule has 0 amide bonds. The minimum atomic E-state index is -1.28. The lowest BCUT2D eigenvalue weighted by molar-refractivity contribution is 0.0695. The number of carbonyl (C=O) groups is 1. The second-order valence-electron chi connectivity index (χ2n) is 6.35. The average molecular weight is 361 g/mol. The van der Waals surface area contributed by atoms with Crippen molar-refractivity contribution in [3.63, 3.8) is 0 Å². The second kappa shape index (κ2) is 6.68. The van der Waals surface area contributed by atoms with Gasteiger partial charge < -0.3 is 10.1 Å². The number of nitrogens with zero attached hydrogens (tertiary/aromatic N) is 3. The number of aromatic nitrogens is 4. The molecular weight excluding hydrogens is 344 g/mol. The van der Waals surface area contributed by atoms with Crippen LogP contribution in [0.4, 0.5) is 0 Å². The fourth-order valence-corrected chi connectivity index (χ4v) is 2.99. The van der Waals surface area contributed by atoms with Gasteiger partial charge in [0.1, 0.15) is 5.56 Å². The molecule has 0 aliphatic rings. The van der Waals surface area contributed by atoms with Crippen molar-refractivity contribution in [2.45, 2.75) is 26.8 Å². The number of hydrogen-bond donors (Lipinski definition) is 2. The lowest BCUT2D eigenvalue weighted by atomic mass is 10.1. The highest BCUT2D eigenvalue weighted by Crippen LogP contribution is 2.23. The first-order valence-electron chi connectivity index (χ1n) is 7.81. The monoisotopic (exact) mass is 360 g/mol. The third-order valence-corrected chi connectivity index (χ3v) is 3.98. The molecule has 0 radical (unpaired) electrons. The predicted molar refractivity (Wildman–Crippen MR) is 94.2 cm³/mol. The Morgan fingerprint density at radius 1 is 1.36 bits per heavy atom. The maximum Gasteiger partial charge on any atom is 0.341 e. The van der Waals surface area contributed by atoms with E-state index >= 15 is 0 Å². The van der Waals surface area contributed by atoms with Crippen LogP contribution in [0.5, 0.6) is 0 Å². The van der Waals surface area contributed by atoms with E-state index < -0.39 is 11.5 Å². The van der Waals surface area contributed by atoms with Crippen LogP contribution in [0.15, 0.2) is 29.2 Å². The summed E-state index contributed by atoms with van der Waals surface area (Å²) in [5, 5.41) is 18.4. The van der Waals surface area contributed by atoms with Crippen LogP contribution in [0.3, 0.4) is 0 Å². The van der Waals surface area contributed by atoms with Gasteiger partial charge in [0.2, 0.25) is 0 Å². The van der Waals surface area contributed by atoms with Crippen molar-refractivity contribution in [1.82, 2.24) is 20.0 Å². The van der Waals surface area contributed by atoms with Crippen molar-refractivity contribution in [3.8, 4) is 0 Å². The molecule has 0 saturated heterocycles. The standard InChI is InChI=1S/C17H17ClN4O3/c1-9(2)3-13-8-22(21-20-13)7-11-5-12(18)4-10-6-14(17(24)25)16(23)19-15(10)11/h4-6,8-9H,3,7H2,1-2H3,(H,19,23)(H,24,25). The number of aromatic carboxylic acids is 1. The molecule has 0 aliphatic heterocycles. The van der Waals surface area contributed by atoms with E-state index in [0.29, 0.717) is 28.4 Å². The third kappa shape index (κ3) is 3.71. The second-order valence-corrected chi connectivity index (χ2v) is 6.79. The number of fused-ring (bicyclic) bond motifs is 1. The normalized spacial score (nSPS) is 11.4. The summed E-state index contributed by atoms with van der Waals surface area (Å²) < 4.78 is 1.67. The van der Waals surface area contributed by atoms with E-state index in [4.69, 9.17) is 16.7 Å². The van der Waals surface area contributed by atoms with E-state index in [1.165, 1.54) is 6.07 Å². The summed E-state index contributed by atoms with van der Waals surface area (Å²) in [6, 6.07) is 4.68. The van der Waals surface area contributed by atoms with Crippen LogP contribution in [-0.2, 0) is 13.0 Å². The summed E-state index contributed by atoms with van der Waals surface area (Å²) in [7, 11) is 0. The molecule has 7 nitrogen and oxygen atoms in total. The summed E-state index contributed by atoms with van der Waals surface area (Å²) in [5.74, 6) is -0.803. The molecule has 0 bridgehead atoms. The zero-order chi connectivity index (χ0) is 18.1. The molecule has 130 valence electrons. The average Bonchev–Trinajstić information content (AvgIpc) is 2.93. The predicted octanol–water partition coefficient (Wildman–Crippen LogP) is 2.72. The Kier molecular flexibility index (Phi) is 4.59. The van der Waals surface area contributed by atoms with Gasteiger partial charge in [0.25, 0.3) is 5.56 Å². The number of aromatic amines is 1. The highest BCUT2D eigenvalue weighted by Gasteiger charge is 2.13. The molecule has 3 rings (SSSR count). The van der Waals surface area contributed by atoms with Gasteiger partial charge in [-0.25, -0.2) is 9.48 Å². The van der Waals surface area contributed by atoms with Crippen LogP contribution in [0.25, 0.3) is 10.9 Å². The van der Waals surface area contributed by atoms with Crippen LogP contribution in [0, 0.1) is 5.92 Å². The number of H-pyrrole nitrogens is 1. The van der Waals surface area contributed by atoms with Gasteiger partial charge in [-0.15, -0.1) is 5.10 Å². The first-order chi connectivity index (χ1) is 11.8. The number of hydrogen-bond acceptors (Lipinski definition) is 4. The van der Waals surface area contributed by atoms with Crippen LogP contribution in [0.1, 0.15) is 35.5 Å². The Morgan fingerprint density at radius 3 is 2.80 bits per heavy atom. The smallest absolute Gasteiger partial charge is 0.341 e.